The van der Waals surface area contributed by atoms with Crippen LogP contribution in [-0.2, 0) is 19.0 Å². The molecule has 1 amide bonds. The fourth-order valence-corrected chi connectivity index (χ4v) is 1.32. The molecule has 0 aliphatic heterocycles. The molecule has 0 saturated carbocycles. The summed E-state index contributed by atoms with van der Waals surface area (Å²) < 4.78 is 15.1. The molecule has 3 N–H and O–H groups in total. The first kappa shape index (κ1) is 18.3. The van der Waals surface area contributed by atoms with Crippen LogP contribution < -0.4 is 10.6 Å². The molecule has 2 atom stereocenters. The summed E-state index contributed by atoms with van der Waals surface area (Å²) in [6, 6.07) is 0. The van der Waals surface area contributed by atoms with Gasteiger partial charge in [0, 0.05) is 27.3 Å². The van der Waals surface area contributed by atoms with Crippen molar-refractivity contribution in [2.24, 2.45) is 0 Å². The van der Waals surface area contributed by atoms with Gasteiger partial charge in [-0.3, -0.25) is 4.79 Å². The van der Waals surface area contributed by atoms with E-state index in [9.17, 15) is 9.90 Å². The first-order valence-electron chi connectivity index (χ1n) is 6.35. The third-order valence-corrected chi connectivity index (χ3v) is 2.27. The second-order valence-corrected chi connectivity index (χ2v) is 4.23. The number of carbonyl (C=O) groups excluding carboxylic acids is 1. The number of aliphatic hydroxyl groups excluding tert-OH is 1. The summed E-state index contributed by atoms with van der Waals surface area (Å²) in [6.07, 6.45) is -0.705. The smallest absolute Gasteiger partial charge is 0.234 e. The zero-order valence-corrected chi connectivity index (χ0v) is 12.0. The van der Waals surface area contributed by atoms with E-state index in [1.165, 1.54) is 0 Å². The van der Waals surface area contributed by atoms with Gasteiger partial charge >= 0.3 is 0 Å². The molecule has 7 nitrogen and oxygen atoms in total. The zero-order chi connectivity index (χ0) is 14.5. The van der Waals surface area contributed by atoms with E-state index in [1.54, 1.807) is 14.2 Å². The summed E-state index contributed by atoms with van der Waals surface area (Å²) in [5, 5.41) is 15.1. The van der Waals surface area contributed by atoms with Crippen molar-refractivity contribution in [2.75, 3.05) is 53.7 Å². The van der Waals surface area contributed by atoms with Crippen molar-refractivity contribution in [1.29, 1.82) is 0 Å². The largest absolute Gasteiger partial charge is 0.389 e. The highest BCUT2D eigenvalue weighted by molar-refractivity contribution is 5.77. The van der Waals surface area contributed by atoms with Gasteiger partial charge in [0.1, 0.15) is 0 Å². The van der Waals surface area contributed by atoms with Gasteiger partial charge in [0.25, 0.3) is 0 Å². The average molecular weight is 278 g/mol. The molecule has 0 spiro atoms. The van der Waals surface area contributed by atoms with Gasteiger partial charge in [0.15, 0.2) is 0 Å². The van der Waals surface area contributed by atoms with E-state index in [1.807, 2.05) is 6.92 Å². The lowest BCUT2D eigenvalue weighted by Gasteiger charge is -2.16. The lowest BCUT2D eigenvalue weighted by atomic mass is 10.3. The van der Waals surface area contributed by atoms with Gasteiger partial charge in [0.2, 0.25) is 5.91 Å². The molecule has 0 aliphatic rings. The van der Waals surface area contributed by atoms with E-state index in [2.05, 4.69) is 10.6 Å². The standard InChI is InChI=1S/C12H26N2O5/c1-10(8-18-3)19-9-11(15)6-13-7-12(16)14-4-5-17-2/h10-11,13,15H,4-9H2,1-3H3,(H,14,16). The molecule has 0 radical (unpaired) electrons. The molecule has 7 heteroatoms. The molecule has 0 aromatic rings. The Bertz CT molecular complexity index is 228. The minimum Gasteiger partial charge on any atom is -0.389 e. The Labute approximate surface area is 114 Å². The predicted molar refractivity (Wildman–Crippen MR) is 71.1 cm³/mol. The SMILES string of the molecule is COCCNC(=O)CNCC(O)COC(C)COC. The monoisotopic (exact) mass is 278 g/mol. The Morgan fingerprint density at radius 2 is 2.00 bits per heavy atom. The van der Waals surface area contributed by atoms with Crippen LogP contribution in [0.3, 0.4) is 0 Å². The molecule has 0 aromatic heterocycles. The quantitative estimate of drug-likeness (QED) is 0.387. The maximum atomic E-state index is 11.3. The first-order chi connectivity index (χ1) is 9.10. The van der Waals surface area contributed by atoms with Crippen molar-refractivity contribution in [3.63, 3.8) is 0 Å². The Balaban J connectivity index is 3.46. The normalized spacial score (nSPS) is 14.1. The summed E-state index contributed by atoms with van der Waals surface area (Å²) in [5.41, 5.74) is 0. The second-order valence-electron chi connectivity index (χ2n) is 4.23. The fraction of sp³-hybridized carbons (Fsp3) is 0.917. The van der Waals surface area contributed by atoms with Gasteiger partial charge in [-0.1, -0.05) is 0 Å². The number of carbonyl (C=O) groups is 1. The van der Waals surface area contributed by atoms with Gasteiger partial charge in [-0.15, -0.1) is 0 Å². The Morgan fingerprint density at radius 3 is 2.63 bits per heavy atom. The summed E-state index contributed by atoms with van der Waals surface area (Å²) in [4.78, 5) is 11.3. The van der Waals surface area contributed by atoms with E-state index >= 15 is 0 Å². The third-order valence-electron chi connectivity index (χ3n) is 2.27. The lowest BCUT2D eigenvalue weighted by Crippen LogP contribution is -2.39. The number of aliphatic hydroxyl groups is 1. The van der Waals surface area contributed by atoms with Crippen molar-refractivity contribution in [1.82, 2.24) is 10.6 Å². The van der Waals surface area contributed by atoms with Crippen LogP contribution in [0.5, 0.6) is 0 Å². The lowest BCUT2D eigenvalue weighted by molar-refractivity contribution is -0.120. The minimum atomic E-state index is -0.647. The van der Waals surface area contributed by atoms with Crippen LogP contribution in [0.2, 0.25) is 0 Å². The minimum absolute atomic E-state index is 0.0583. The van der Waals surface area contributed by atoms with Gasteiger partial charge < -0.3 is 30.0 Å². The molecular formula is C12H26N2O5. The van der Waals surface area contributed by atoms with Crippen LogP contribution in [0.4, 0.5) is 0 Å². The Hall–Kier alpha value is -0.730. The molecule has 0 heterocycles. The maximum absolute atomic E-state index is 11.3. The molecule has 0 saturated heterocycles. The second kappa shape index (κ2) is 12.3. The molecular weight excluding hydrogens is 252 g/mol. The van der Waals surface area contributed by atoms with Gasteiger partial charge in [-0.25, -0.2) is 0 Å². The Morgan fingerprint density at radius 1 is 1.26 bits per heavy atom. The van der Waals surface area contributed by atoms with Gasteiger partial charge in [-0.05, 0) is 6.92 Å². The highest BCUT2D eigenvalue weighted by Crippen LogP contribution is 1.93. The third kappa shape index (κ3) is 12.1. The summed E-state index contributed by atoms with van der Waals surface area (Å²) in [6.45, 7) is 4.00. The number of amides is 1. The number of rotatable bonds is 12. The van der Waals surface area contributed by atoms with Crippen LogP contribution in [0, 0.1) is 0 Å². The highest BCUT2D eigenvalue weighted by Gasteiger charge is 2.08. The van der Waals surface area contributed by atoms with E-state index in [4.69, 9.17) is 14.2 Å². The van der Waals surface area contributed by atoms with Crippen LogP contribution in [0.15, 0.2) is 0 Å². The molecule has 19 heavy (non-hydrogen) atoms. The molecule has 2 unspecified atom stereocenters. The van der Waals surface area contributed by atoms with E-state index in [0.29, 0.717) is 26.3 Å². The van der Waals surface area contributed by atoms with Crippen molar-refractivity contribution in [3.05, 3.63) is 0 Å². The van der Waals surface area contributed by atoms with Crippen molar-refractivity contribution >= 4 is 5.91 Å². The van der Waals surface area contributed by atoms with Crippen LogP contribution >= 0.6 is 0 Å². The number of hydrogen-bond donors (Lipinski definition) is 3. The number of methoxy groups -OCH3 is 2. The molecule has 114 valence electrons. The van der Waals surface area contributed by atoms with Crippen LogP contribution in [0.1, 0.15) is 6.92 Å². The topological polar surface area (TPSA) is 89.1 Å². The van der Waals surface area contributed by atoms with Crippen LogP contribution in [0.25, 0.3) is 0 Å². The fourth-order valence-electron chi connectivity index (χ4n) is 1.32. The predicted octanol–water partition coefficient (Wildman–Crippen LogP) is -1.25. The highest BCUT2D eigenvalue weighted by atomic mass is 16.5. The number of ether oxygens (including phenoxy) is 3. The van der Waals surface area contributed by atoms with Gasteiger partial charge in [0.05, 0.1) is 38.6 Å². The van der Waals surface area contributed by atoms with E-state index < -0.39 is 6.10 Å². The summed E-state index contributed by atoms with van der Waals surface area (Å²) >= 11 is 0. The number of nitrogens with one attached hydrogen (secondary N) is 2. The van der Waals surface area contributed by atoms with E-state index in [-0.39, 0.29) is 25.2 Å². The van der Waals surface area contributed by atoms with Crippen molar-refractivity contribution in [2.45, 2.75) is 19.1 Å². The summed E-state index contributed by atoms with van der Waals surface area (Å²) in [7, 11) is 3.17. The van der Waals surface area contributed by atoms with Crippen LogP contribution in [-0.4, -0.2) is 76.9 Å². The Kier molecular flexibility index (Phi) is 11.8. The molecule has 0 aromatic carbocycles. The molecule has 0 fully saturated rings. The van der Waals surface area contributed by atoms with Gasteiger partial charge in [-0.2, -0.15) is 0 Å². The first-order valence-corrected chi connectivity index (χ1v) is 6.35. The number of hydrogen-bond acceptors (Lipinski definition) is 6. The molecule has 0 aliphatic carbocycles. The van der Waals surface area contributed by atoms with Crippen molar-refractivity contribution in [3.8, 4) is 0 Å². The average Bonchev–Trinajstić information content (AvgIpc) is 2.37. The molecule has 0 bridgehead atoms. The van der Waals surface area contributed by atoms with Crippen molar-refractivity contribution < 1.29 is 24.1 Å². The zero-order valence-electron chi connectivity index (χ0n) is 12.0. The molecule has 0 rings (SSSR count). The maximum Gasteiger partial charge on any atom is 0.234 e. The van der Waals surface area contributed by atoms with E-state index in [0.717, 1.165) is 0 Å². The summed E-state index contributed by atoms with van der Waals surface area (Å²) in [5.74, 6) is -0.127.